The van der Waals surface area contributed by atoms with Crippen molar-refractivity contribution in [2.45, 2.75) is 12.3 Å². The summed E-state index contributed by atoms with van der Waals surface area (Å²) in [7, 11) is 0. The number of hydrogen-bond donors (Lipinski definition) is 0. The van der Waals surface area contributed by atoms with Crippen molar-refractivity contribution in [3.8, 4) is 67.8 Å². The normalized spacial score (nSPS) is 13.6. The molecule has 1 aliphatic rings. The summed E-state index contributed by atoms with van der Waals surface area (Å²) in [5.74, 6) is 1.89. The fraction of sp³-hybridized carbons (Fsp3) is 0.0290. The van der Waals surface area contributed by atoms with Gasteiger partial charge in [0.05, 0.1) is 38.5 Å². The smallest absolute Gasteiger partial charge is 0.164 e. The summed E-state index contributed by atoms with van der Waals surface area (Å²) in [5.41, 5.74) is 16.8. The first kappa shape index (κ1) is 42.7. The van der Waals surface area contributed by atoms with Crippen LogP contribution in [0.4, 0.5) is 0 Å². The minimum absolute atomic E-state index is 0.0502. The number of aromatic nitrogens is 5. The van der Waals surface area contributed by atoms with Crippen LogP contribution < -0.4 is 0 Å². The molecule has 14 aromatic rings. The highest BCUT2D eigenvalue weighted by molar-refractivity contribution is 6.29. The lowest BCUT2D eigenvalue weighted by atomic mass is 9.86. The summed E-state index contributed by atoms with van der Waals surface area (Å²) in [5, 5.41) is 6.67. The van der Waals surface area contributed by atoms with Crippen molar-refractivity contribution in [3.63, 3.8) is 0 Å². The van der Waals surface area contributed by atoms with Crippen LogP contribution in [0, 0.1) is 0 Å². The van der Waals surface area contributed by atoms with E-state index in [0.717, 1.165) is 122 Å². The molecule has 0 fully saturated rings. The Bertz CT molecular complexity index is 4590. The van der Waals surface area contributed by atoms with Crippen molar-refractivity contribution < 1.29 is 4.42 Å². The predicted octanol–water partition coefficient (Wildman–Crippen LogP) is 17.9. The molecule has 1 atom stereocenters. The maximum Gasteiger partial charge on any atom is 0.164 e. The van der Waals surface area contributed by atoms with Crippen LogP contribution in [0.15, 0.2) is 259 Å². The molecule has 1 unspecified atom stereocenters. The van der Waals surface area contributed by atoms with Crippen molar-refractivity contribution in [2.75, 3.05) is 0 Å². The molecule has 0 saturated heterocycles. The molecular formula is C69H45N5O. The molecule has 1 aliphatic carbocycles. The van der Waals surface area contributed by atoms with Crippen LogP contribution in [-0.2, 0) is 0 Å². The standard InChI is InChI=1S/C69H45N5O/c1-6-20-44(21-7-1)45-34-36-49(37-35-45)68-70-67(48-26-12-4-13-27-48)71-69(72-68)50-42-56(46-22-8-2-9-23-46)64(57(43-50)47-24-10-3-11-25-47)74-59-33-19-17-31-55(59)63-61(74)41-39-53-52-38-40-60-62(65(52)75-66(53)63)54-30-16-18-32-58(54)73(60)51-28-14-5-15-29-51/h1-24,26-43,47H,25H2. The Hall–Kier alpha value is -9.91. The van der Waals surface area contributed by atoms with Gasteiger partial charge in [-0.15, -0.1) is 0 Å². The van der Waals surface area contributed by atoms with Crippen molar-refractivity contribution in [3.05, 3.63) is 260 Å². The zero-order valence-corrected chi connectivity index (χ0v) is 40.7. The first-order valence-corrected chi connectivity index (χ1v) is 25.6. The Morgan fingerprint density at radius 2 is 0.853 bits per heavy atom. The SMILES string of the molecule is C1=CCC(c2cc(-c3nc(-c4ccccc4)nc(-c4ccc(-c5ccccc5)cc4)n3)cc(-c3ccccc3)c2-n2c3ccccc3c3c4oc5c(ccc6c5c5ccccc5n6-c5ccccc5)c4ccc32)C=C1. The number of nitrogens with zero attached hydrogens (tertiary/aromatic N) is 5. The van der Waals surface area contributed by atoms with E-state index >= 15 is 0 Å². The van der Waals surface area contributed by atoms with Crippen molar-refractivity contribution in [2.24, 2.45) is 0 Å². The van der Waals surface area contributed by atoms with E-state index in [9.17, 15) is 0 Å². The van der Waals surface area contributed by atoms with E-state index < -0.39 is 0 Å². The van der Waals surface area contributed by atoms with Crippen LogP contribution in [-0.4, -0.2) is 24.1 Å². The highest BCUT2D eigenvalue weighted by Gasteiger charge is 2.28. The summed E-state index contributed by atoms with van der Waals surface area (Å²) in [6.07, 6.45) is 9.78. The topological polar surface area (TPSA) is 61.7 Å². The van der Waals surface area contributed by atoms with Crippen molar-refractivity contribution in [1.29, 1.82) is 0 Å². The van der Waals surface area contributed by atoms with Gasteiger partial charge < -0.3 is 13.6 Å². The molecule has 6 nitrogen and oxygen atoms in total. The second kappa shape index (κ2) is 17.4. The summed E-state index contributed by atoms with van der Waals surface area (Å²) in [4.78, 5) is 15.8. The molecule has 4 heterocycles. The molecule has 0 saturated carbocycles. The zero-order valence-electron chi connectivity index (χ0n) is 40.7. The Morgan fingerprint density at radius 1 is 0.373 bits per heavy atom. The third kappa shape index (κ3) is 6.98. The van der Waals surface area contributed by atoms with Crippen LogP contribution in [0.5, 0.6) is 0 Å². The van der Waals surface area contributed by atoms with Gasteiger partial charge in [0.2, 0.25) is 0 Å². The van der Waals surface area contributed by atoms with E-state index in [0.29, 0.717) is 17.5 Å². The number of furan rings is 1. The molecule has 6 heteroatoms. The Morgan fingerprint density at radius 3 is 1.45 bits per heavy atom. The third-order valence-electron chi connectivity index (χ3n) is 15.1. The first-order chi connectivity index (χ1) is 37.2. The van der Waals surface area contributed by atoms with Gasteiger partial charge in [-0.3, -0.25) is 0 Å². The lowest BCUT2D eigenvalue weighted by Crippen LogP contribution is -2.08. The second-order valence-corrected chi connectivity index (χ2v) is 19.4. The highest BCUT2D eigenvalue weighted by Crippen LogP contribution is 2.48. The Kier molecular flexibility index (Phi) is 9.91. The fourth-order valence-electron chi connectivity index (χ4n) is 11.7. The fourth-order valence-corrected chi connectivity index (χ4v) is 11.7. The molecule has 0 N–H and O–H groups in total. The van der Waals surface area contributed by atoms with Gasteiger partial charge in [0.1, 0.15) is 11.2 Å². The van der Waals surface area contributed by atoms with Gasteiger partial charge >= 0.3 is 0 Å². The highest BCUT2D eigenvalue weighted by atomic mass is 16.3. The number of hydrogen-bond acceptors (Lipinski definition) is 4. The molecule has 15 rings (SSSR count). The van der Waals surface area contributed by atoms with Gasteiger partial charge in [-0.2, -0.15) is 0 Å². The molecule has 0 spiro atoms. The number of fused-ring (bicyclic) bond motifs is 11. The Balaban J connectivity index is 0.992. The van der Waals surface area contributed by atoms with Gasteiger partial charge in [-0.1, -0.05) is 194 Å². The van der Waals surface area contributed by atoms with Crippen LogP contribution in [0.25, 0.3) is 133 Å². The lowest BCUT2D eigenvalue weighted by molar-refractivity contribution is 0.677. The summed E-state index contributed by atoms with van der Waals surface area (Å²) in [6, 6.07) is 81.8. The van der Waals surface area contributed by atoms with E-state index in [2.05, 4.69) is 240 Å². The minimum Gasteiger partial charge on any atom is -0.455 e. The van der Waals surface area contributed by atoms with Crippen LogP contribution in [0.3, 0.4) is 0 Å². The largest absolute Gasteiger partial charge is 0.455 e. The van der Waals surface area contributed by atoms with Crippen molar-refractivity contribution >= 4 is 65.6 Å². The van der Waals surface area contributed by atoms with Gasteiger partial charge in [-0.05, 0) is 89.3 Å². The molecule has 352 valence electrons. The minimum atomic E-state index is 0.0502. The van der Waals surface area contributed by atoms with Gasteiger partial charge in [0.15, 0.2) is 17.5 Å². The number of benzene rings is 10. The second-order valence-electron chi connectivity index (χ2n) is 19.4. The maximum absolute atomic E-state index is 7.39. The monoisotopic (exact) mass is 959 g/mol. The van der Waals surface area contributed by atoms with Crippen LogP contribution in [0.2, 0.25) is 0 Å². The van der Waals surface area contributed by atoms with Gasteiger partial charge in [0, 0.05) is 55.4 Å². The maximum atomic E-state index is 7.39. The lowest BCUT2D eigenvalue weighted by Gasteiger charge is -2.24. The van der Waals surface area contributed by atoms with E-state index in [1.165, 1.54) is 5.56 Å². The molecular weight excluding hydrogens is 915 g/mol. The molecule has 75 heavy (non-hydrogen) atoms. The van der Waals surface area contributed by atoms with E-state index in [1.807, 2.05) is 24.3 Å². The predicted molar refractivity (Wildman–Crippen MR) is 309 cm³/mol. The van der Waals surface area contributed by atoms with Crippen LogP contribution >= 0.6 is 0 Å². The average molecular weight is 960 g/mol. The zero-order chi connectivity index (χ0) is 49.4. The number of rotatable bonds is 8. The van der Waals surface area contributed by atoms with E-state index in [-0.39, 0.29) is 5.92 Å². The van der Waals surface area contributed by atoms with E-state index in [4.69, 9.17) is 19.4 Å². The van der Waals surface area contributed by atoms with Crippen LogP contribution in [0.1, 0.15) is 17.9 Å². The first-order valence-electron chi connectivity index (χ1n) is 25.6. The molecule has 10 aromatic carbocycles. The molecule has 0 radical (unpaired) electrons. The summed E-state index contributed by atoms with van der Waals surface area (Å²) in [6.45, 7) is 0. The average Bonchev–Trinajstić information content (AvgIpc) is 4.27. The number of para-hydroxylation sites is 3. The number of allylic oxidation sites excluding steroid dienone is 4. The van der Waals surface area contributed by atoms with E-state index in [1.54, 1.807) is 0 Å². The molecule has 4 aromatic heterocycles. The summed E-state index contributed by atoms with van der Waals surface area (Å²) >= 11 is 0. The third-order valence-corrected chi connectivity index (χ3v) is 15.1. The Labute approximate surface area is 432 Å². The summed E-state index contributed by atoms with van der Waals surface area (Å²) < 4.78 is 12.2. The van der Waals surface area contributed by atoms with Gasteiger partial charge in [-0.25, -0.2) is 15.0 Å². The quantitative estimate of drug-likeness (QED) is 0.152. The molecule has 0 aliphatic heterocycles. The van der Waals surface area contributed by atoms with Crippen molar-refractivity contribution in [1.82, 2.24) is 24.1 Å². The molecule has 0 amide bonds. The van der Waals surface area contributed by atoms with Gasteiger partial charge in [0.25, 0.3) is 0 Å². The molecule has 0 bridgehead atoms.